The van der Waals surface area contributed by atoms with E-state index in [1.165, 1.54) is 0 Å². The summed E-state index contributed by atoms with van der Waals surface area (Å²) < 4.78 is 0. The number of benzene rings is 1. The SMILES string of the molecule is Br.NC1CCc2cc(O)c(O)cc2C1. The Morgan fingerprint density at radius 2 is 1.71 bits per heavy atom. The van der Waals surface area contributed by atoms with Crippen molar-refractivity contribution in [3.63, 3.8) is 0 Å². The van der Waals surface area contributed by atoms with Gasteiger partial charge in [-0.2, -0.15) is 0 Å². The smallest absolute Gasteiger partial charge is 0.157 e. The van der Waals surface area contributed by atoms with Gasteiger partial charge in [0.05, 0.1) is 0 Å². The van der Waals surface area contributed by atoms with Gasteiger partial charge < -0.3 is 15.9 Å². The number of phenols is 2. The van der Waals surface area contributed by atoms with E-state index in [1.807, 2.05) is 0 Å². The molecule has 1 unspecified atom stereocenters. The van der Waals surface area contributed by atoms with Gasteiger partial charge in [-0.3, -0.25) is 0 Å². The maximum Gasteiger partial charge on any atom is 0.157 e. The minimum absolute atomic E-state index is 0. The minimum atomic E-state index is -0.0483. The molecule has 4 heteroatoms. The third-order valence-corrected chi connectivity index (χ3v) is 2.56. The zero-order chi connectivity index (χ0) is 9.42. The van der Waals surface area contributed by atoms with E-state index in [0.717, 1.165) is 30.4 Å². The third-order valence-electron chi connectivity index (χ3n) is 2.56. The fourth-order valence-corrected chi connectivity index (χ4v) is 1.81. The number of hydrogen-bond donors (Lipinski definition) is 3. The highest BCUT2D eigenvalue weighted by Gasteiger charge is 2.17. The van der Waals surface area contributed by atoms with Crippen molar-refractivity contribution >= 4 is 17.0 Å². The van der Waals surface area contributed by atoms with Crippen LogP contribution in [-0.4, -0.2) is 16.3 Å². The van der Waals surface area contributed by atoms with Crippen LogP contribution in [0.5, 0.6) is 11.5 Å². The molecule has 1 aliphatic rings. The third kappa shape index (κ3) is 2.01. The standard InChI is InChI=1S/C10H13NO2.BrH/c11-8-2-1-6-4-9(12)10(13)5-7(6)3-8;/h4-5,8,12-13H,1-3,11H2;1H. The summed E-state index contributed by atoms with van der Waals surface area (Å²) in [6.45, 7) is 0. The van der Waals surface area contributed by atoms with E-state index in [1.54, 1.807) is 12.1 Å². The maximum atomic E-state index is 9.27. The number of phenolic OH excluding ortho intramolecular Hbond substituents is 2. The van der Waals surface area contributed by atoms with Gasteiger partial charge in [0, 0.05) is 6.04 Å². The molecule has 4 N–H and O–H groups in total. The minimum Gasteiger partial charge on any atom is -0.504 e. The second-order valence-corrected chi connectivity index (χ2v) is 3.61. The van der Waals surface area contributed by atoms with Crippen molar-refractivity contribution in [1.82, 2.24) is 0 Å². The lowest BCUT2D eigenvalue weighted by Gasteiger charge is -2.21. The lowest BCUT2D eigenvalue weighted by Crippen LogP contribution is -2.27. The monoisotopic (exact) mass is 259 g/mol. The highest BCUT2D eigenvalue weighted by molar-refractivity contribution is 8.93. The van der Waals surface area contributed by atoms with Crippen molar-refractivity contribution in [3.05, 3.63) is 23.3 Å². The first-order valence-electron chi connectivity index (χ1n) is 4.46. The molecule has 1 aromatic rings. The molecule has 0 saturated heterocycles. The van der Waals surface area contributed by atoms with Gasteiger partial charge in [0.25, 0.3) is 0 Å². The molecule has 0 aromatic heterocycles. The van der Waals surface area contributed by atoms with Crippen LogP contribution in [0.2, 0.25) is 0 Å². The largest absolute Gasteiger partial charge is 0.504 e. The highest BCUT2D eigenvalue weighted by Crippen LogP contribution is 2.31. The molecule has 2 rings (SSSR count). The zero-order valence-electron chi connectivity index (χ0n) is 7.73. The van der Waals surface area contributed by atoms with Crippen LogP contribution in [0.3, 0.4) is 0 Å². The lowest BCUT2D eigenvalue weighted by molar-refractivity contribution is 0.401. The molecule has 0 amide bonds. The Labute approximate surface area is 93.3 Å². The van der Waals surface area contributed by atoms with Crippen LogP contribution in [0.25, 0.3) is 0 Å². The molecular weight excluding hydrogens is 246 g/mol. The molecule has 3 nitrogen and oxygen atoms in total. The molecular formula is C10H14BrNO2. The van der Waals surface area contributed by atoms with Crippen LogP contribution in [0, 0.1) is 0 Å². The molecule has 78 valence electrons. The van der Waals surface area contributed by atoms with E-state index in [4.69, 9.17) is 5.73 Å². The Morgan fingerprint density at radius 1 is 1.14 bits per heavy atom. The van der Waals surface area contributed by atoms with Crippen molar-refractivity contribution in [2.45, 2.75) is 25.3 Å². The van der Waals surface area contributed by atoms with E-state index < -0.39 is 0 Å². The summed E-state index contributed by atoms with van der Waals surface area (Å²) in [4.78, 5) is 0. The van der Waals surface area contributed by atoms with E-state index in [9.17, 15) is 10.2 Å². The predicted molar refractivity (Wildman–Crippen MR) is 60.1 cm³/mol. The second-order valence-electron chi connectivity index (χ2n) is 3.61. The van der Waals surface area contributed by atoms with E-state index >= 15 is 0 Å². The Kier molecular flexibility index (Phi) is 3.39. The maximum absolute atomic E-state index is 9.27. The summed E-state index contributed by atoms with van der Waals surface area (Å²) >= 11 is 0. The molecule has 0 saturated carbocycles. The molecule has 14 heavy (non-hydrogen) atoms. The van der Waals surface area contributed by atoms with Crippen LogP contribution in [0.1, 0.15) is 17.5 Å². The van der Waals surface area contributed by atoms with Crippen LogP contribution in [-0.2, 0) is 12.8 Å². The molecule has 1 atom stereocenters. The molecule has 0 heterocycles. The van der Waals surface area contributed by atoms with Gasteiger partial charge in [-0.05, 0) is 42.5 Å². The number of halogens is 1. The topological polar surface area (TPSA) is 66.5 Å². The molecule has 1 aliphatic carbocycles. The van der Waals surface area contributed by atoms with Crippen molar-refractivity contribution < 1.29 is 10.2 Å². The van der Waals surface area contributed by atoms with Gasteiger partial charge in [-0.25, -0.2) is 0 Å². The van der Waals surface area contributed by atoms with E-state index in [0.29, 0.717) is 0 Å². The first-order valence-corrected chi connectivity index (χ1v) is 4.46. The molecule has 0 spiro atoms. The average molecular weight is 260 g/mol. The lowest BCUT2D eigenvalue weighted by atomic mass is 9.88. The Morgan fingerprint density at radius 3 is 2.36 bits per heavy atom. The molecule has 0 fully saturated rings. The van der Waals surface area contributed by atoms with Crippen molar-refractivity contribution in [2.24, 2.45) is 5.73 Å². The summed E-state index contributed by atoms with van der Waals surface area (Å²) in [5.74, 6) is -0.0814. The number of aromatic hydroxyl groups is 2. The van der Waals surface area contributed by atoms with Gasteiger partial charge in [-0.1, -0.05) is 0 Å². The van der Waals surface area contributed by atoms with Gasteiger partial charge in [-0.15, -0.1) is 17.0 Å². The van der Waals surface area contributed by atoms with Gasteiger partial charge in [0.15, 0.2) is 11.5 Å². The fraction of sp³-hybridized carbons (Fsp3) is 0.400. The number of rotatable bonds is 0. The summed E-state index contributed by atoms with van der Waals surface area (Å²) in [6.07, 6.45) is 2.64. The number of fused-ring (bicyclic) bond motifs is 1. The van der Waals surface area contributed by atoms with E-state index in [2.05, 4.69) is 0 Å². The summed E-state index contributed by atoms with van der Waals surface area (Å²) in [7, 11) is 0. The predicted octanol–water partition coefficient (Wildman–Crippen LogP) is 1.49. The first-order chi connectivity index (χ1) is 6.16. The fourth-order valence-electron chi connectivity index (χ4n) is 1.81. The van der Waals surface area contributed by atoms with Crippen LogP contribution in [0.15, 0.2) is 12.1 Å². The normalized spacial score (nSPS) is 19.6. The Hall–Kier alpha value is -0.740. The molecule has 0 radical (unpaired) electrons. The molecule has 1 aromatic carbocycles. The van der Waals surface area contributed by atoms with Crippen LogP contribution < -0.4 is 5.73 Å². The van der Waals surface area contributed by atoms with E-state index in [-0.39, 0.29) is 34.5 Å². The summed E-state index contributed by atoms with van der Waals surface area (Å²) in [6, 6.07) is 3.44. The number of aryl methyl sites for hydroxylation is 1. The number of hydrogen-bond acceptors (Lipinski definition) is 3. The molecule has 0 bridgehead atoms. The van der Waals surface area contributed by atoms with Gasteiger partial charge >= 0.3 is 0 Å². The molecule has 0 aliphatic heterocycles. The number of nitrogens with two attached hydrogens (primary N) is 1. The highest BCUT2D eigenvalue weighted by atomic mass is 79.9. The second kappa shape index (κ2) is 4.19. The summed E-state index contributed by atoms with van der Waals surface area (Å²) in [5.41, 5.74) is 7.97. The first kappa shape index (κ1) is 11.3. The summed E-state index contributed by atoms with van der Waals surface area (Å²) in [5, 5.41) is 18.5. The average Bonchev–Trinajstić information content (AvgIpc) is 2.08. The van der Waals surface area contributed by atoms with Crippen molar-refractivity contribution in [3.8, 4) is 11.5 Å². The van der Waals surface area contributed by atoms with Crippen molar-refractivity contribution in [1.29, 1.82) is 0 Å². The van der Waals surface area contributed by atoms with Crippen molar-refractivity contribution in [2.75, 3.05) is 0 Å². The van der Waals surface area contributed by atoms with Gasteiger partial charge in [0.2, 0.25) is 0 Å². The van der Waals surface area contributed by atoms with Crippen LogP contribution >= 0.6 is 17.0 Å². The zero-order valence-corrected chi connectivity index (χ0v) is 9.45. The van der Waals surface area contributed by atoms with Crippen LogP contribution in [0.4, 0.5) is 0 Å². The Balaban J connectivity index is 0.000000980. The Bertz CT molecular complexity index is 341. The van der Waals surface area contributed by atoms with Gasteiger partial charge in [0.1, 0.15) is 0 Å². The quantitative estimate of drug-likeness (QED) is 0.619.